The zero-order valence-corrected chi connectivity index (χ0v) is 14.3. The first-order valence-corrected chi connectivity index (χ1v) is 9.33. The topological polar surface area (TPSA) is 78.4 Å². The number of carbonyl (C=O) groups excluding carboxylic acids is 1. The predicted molar refractivity (Wildman–Crippen MR) is 91.7 cm³/mol. The van der Waals surface area contributed by atoms with Gasteiger partial charge in [-0.2, -0.15) is 23.5 Å². The number of aromatic carboxylic acids is 1. The minimum absolute atomic E-state index is 0.0657. The molecule has 0 aromatic heterocycles. The van der Waals surface area contributed by atoms with E-state index in [9.17, 15) is 9.59 Å². The van der Waals surface area contributed by atoms with Gasteiger partial charge in [-0.05, 0) is 18.2 Å². The van der Waals surface area contributed by atoms with Crippen LogP contribution in [0.15, 0.2) is 22.7 Å². The van der Waals surface area contributed by atoms with Gasteiger partial charge in [-0.1, -0.05) is 15.9 Å². The molecule has 0 bridgehead atoms. The third-order valence-electron chi connectivity index (χ3n) is 2.84. The Labute approximate surface area is 139 Å². The molecule has 5 nitrogen and oxygen atoms in total. The molecule has 2 amide bonds. The zero-order valence-electron chi connectivity index (χ0n) is 11.1. The molecular formula is C13H15BrN2O3S2. The monoisotopic (exact) mass is 390 g/mol. The highest BCUT2D eigenvalue weighted by Gasteiger charge is 2.16. The number of carboxylic acids is 1. The van der Waals surface area contributed by atoms with E-state index < -0.39 is 5.97 Å². The molecule has 1 saturated heterocycles. The number of benzene rings is 1. The van der Waals surface area contributed by atoms with Crippen LogP contribution in [-0.4, -0.2) is 46.2 Å². The van der Waals surface area contributed by atoms with Gasteiger partial charge in [-0.15, -0.1) is 0 Å². The van der Waals surface area contributed by atoms with E-state index in [4.69, 9.17) is 5.11 Å². The average molecular weight is 391 g/mol. The van der Waals surface area contributed by atoms with Crippen molar-refractivity contribution in [1.29, 1.82) is 0 Å². The maximum atomic E-state index is 11.9. The van der Waals surface area contributed by atoms with Crippen LogP contribution in [0, 0.1) is 0 Å². The first kappa shape index (κ1) is 16.5. The van der Waals surface area contributed by atoms with Gasteiger partial charge in [0.2, 0.25) is 0 Å². The highest BCUT2D eigenvalue weighted by Crippen LogP contribution is 2.24. The number of rotatable bonds is 4. The normalized spacial score (nSPS) is 18.0. The summed E-state index contributed by atoms with van der Waals surface area (Å²) in [5, 5.41) is 14.9. The molecule has 1 aliphatic heterocycles. The van der Waals surface area contributed by atoms with E-state index in [0.717, 1.165) is 17.3 Å². The van der Waals surface area contributed by atoms with Crippen LogP contribution >= 0.6 is 39.5 Å². The Morgan fingerprint density at radius 3 is 2.86 bits per heavy atom. The highest BCUT2D eigenvalue weighted by molar-refractivity contribution is 9.10. The molecule has 21 heavy (non-hydrogen) atoms. The second kappa shape index (κ2) is 7.95. The Kier molecular flexibility index (Phi) is 6.25. The number of urea groups is 1. The molecule has 1 aromatic rings. The number of carbonyl (C=O) groups is 2. The van der Waals surface area contributed by atoms with E-state index in [0.29, 0.717) is 16.3 Å². The number of anilines is 1. The van der Waals surface area contributed by atoms with E-state index in [1.54, 1.807) is 12.1 Å². The fourth-order valence-electron chi connectivity index (χ4n) is 1.83. The molecule has 1 atom stereocenters. The molecular weight excluding hydrogens is 376 g/mol. The molecule has 0 aliphatic carbocycles. The van der Waals surface area contributed by atoms with Gasteiger partial charge in [0.05, 0.1) is 11.3 Å². The summed E-state index contributed by atoms with van der Waals surface area (Å²) in [6.45, 7) is 0.583. The molecule has 1 aromatic carbocycles. The van der Waals surface area contributed by atoms with Crippen molar-refractivity contribution in [3.63, 3.8) is 0 Å². The first-order valence-electron chi connectivity index (χ1n) is 6.33. The number of thioether (sulfide) groups is 2. The minimum atomic E-state index is -1.07. The van der Waals surface area contributed by atoms with Gasteiger partial charge in [0.1, 0.15) is 0 Å². The molecule has 1 fully saturated rings. The number of nitrogens with one attached hydrogen (secondary N) is 2. The van der Waals surface area contributed by atoms with Crippen LogP contribution in [0.2, 0.25) is 0 Å². The summed E-state index contributed by atoms with van der Waals surface area (Å²) < 4.78 is 0.710. The Hall–Kier alpha value is -0.860. The first-order chi connectivity index (χ1) is 10.1. The molecule has 0 saturated carbocycles. The van der Waals surface area contributed by atoms with Crippen LogP contribution in [0.1, 0.15) is 10.4 Å². The van der Waals surface area contributed by atoms with Gasteiger partial charge in [-0.25, -0.2) is 9.59 Å². The lowest BCUT2D eigenvalue weighted by atomic mass is 10.2. The maximum Gasteiger partial charge on any atom is 0.337 e. The van der Waals surface area contributed by atoms with Gasteiger partial charge in [0, 0.05) is 33.5 Å². The van der Waals surface area contributed by atoms with Crippen LogP contribution < -0.4 is 10.6 Å². The molecule has 0 radical (unpaired) electrons. The van der Waals surface area contributed by atoms with E-state index in [2.05, 4.69) is 26.6 Å². The minimum Gasteiger partial charge on any atom is -0.478 e. The predicted octanol–water partition coefficient (Wildman–Crippen LogP) is 3.12. The molecule has 1 unspecified atom stereocenters. The van der Waals surface area contributed by atoms with Crippen LogP contribution in [-0.2, 0) is 0 Å². The summed E-state index contributed by atoms with van der Waals surface area (Å²) in [7, 11) is 0. The highest BCUT2D eigenvalue weighted by atomic mass is 79.9. The molecule has 3 N–H and O–H groups in total. The van der Waals surface area contributed by atoms with Gasteiger partial charge >= 0.3 is 12.0 Å². The van der Waals surface area contributed by atoms with Crippen molar-refractivity contribution < 1.29 is 14.7 Å². The number of carboxylic acid groups (broad SMARTS) is 1. The SMILES string of the molecule is O=C(NCC1CSCCS1)Nc1cc(Br)ccc1C(=O)O. The fraction of sp³-hybridized carbons (Fsp3) is 0.385. The Morgan fingerprint density at radius 1 is 1.38 bits per heavy atom. The van der Waals surface area contributed by atoms with Gasteiger partial charge in [0.25, 0.3) is 0 Å². The summed E-state index contributed by atoms with van der Waals surface area (Å²) in [6, 6.07) is 4.28. The average Bonchev–Trinajstić information content (AvgIpc) is 2.46. The fourth-order valence-corrected chi connectivity index (χ4v) is 4.81. The van der Waals surface area contributed by atoms with Crippen molar-refractivity contribution in [1.82, 2.24) is 5.32 Å². The summed E-state index contributed by atoms with van der Waals surface area (Å²) in [5.41, 5.74) is 0.344. The molecule has 1 aliphatic rings. The lowest BCUT2D eigenvalue weighted by molar-refractivity contribution is 0.0698. The molecule has 1 heterocycles. The quantitative estimate of drug-likeness (QED) is 0.735. The Balaban J connectivity index is 1.92. The maximum absolute atomic E-state index is 11.9. The van der Waals surface area contributed by atoms with Crippen molar-refractivity contribution in [3.8, 4) is 0 Å². The van der Waals surface area contributed by atoms with Crippen LogP contribution in [0.3, 0.4) is 0 Å². The van der Waals surface area contributed by atoms with Gasteiger partial charge in [0.15, 0.2) is 0 Å². The van der Waals surface area contributed by atoms with Crippen LogP contribution in [0.5, 0.6) is 0 Å². The van der Waals surface area contributed by atoms with Crippen LogP contribution in [0.4, 0.5) is 10.5 Å². The van der Waals surface area contributed by atoms with Gasteiger partial charge in [-0.3, -0.25) is 0 Å². The summed E-state index contributed by atoms with van der Waals surface area (Å²) in [5.74, 6) is 2.22. The second-order valence-electron chi connectivity index (χ2n) is 4.40. The van der Waals surface area contributed by atoms with Crippen molar-refractivity contribution in [2.45, 2.75) is 5.25 Å². The molecule has 8 heteroatoms. The lowest BCUT2D eigenvalue weighted by Crippen LogP contribution is -2.36. The Morgan fingerprint density at radius 2 is 2.19 bits per heavy atom. The number of hydrogen-bond acceptors (Lipinski definition) is 4. The van der Waals surface area contributed by atoms with Crippen molar-refractivity contribution >= 4 is 57.1 Å². The van der Waals surface area contributed by atoms with Crippen molar-refractivity contribution in [3.05, 3.63) is 28.2 Å². The third kappa shape index (κ3) is 5.12. The standard InChI is InChI=1S/C13H15BrN2O3S2/c14-8-1-2-10(12(17)18)11(5-8)16-13(19)15-6-9-7-20-3-4-21-9/h1-2,5,9H,3-4,6-7H2,(H,17,18)(H2,15,16,19). The van der Waals surface area contributed by atoms with E-state index in [1.807, 2.05) is 23.5 Å². The van der Waals surface area contributed by atoms with E-state index in [1.165, 1.54) is 6.07 Å². The Bertz CT molecular complexity index is 536. The van der Waals surface area contributed by atoms with Crippen molar-refractivity contribution in [2.24, 2.45) is 0 Å². The summed E-state index contributed by atoms with van der Waals surface area (Å²) >= 11 is 7.01. The van der Waals surface area contributed by atoms with Gasteiger partial charge < -0.3 is 15.7 Å². The molecule has 0 spiro atoms. The zero-order chi connectivity index (χ0) is 15.2. The van der Waals surface area contributed by atoms with Crippen LogP contribution in [0.25, 0.3) is 0 Å². The third-order valence-corrected chi connectivity index (χ3v) is 6.17. The molecule has 2 rings (SSSR count). The summed E-state index contributed by atoms with van der Waals surface area (Å²) in [6.07, 6.45) is 0. The number of halogens is 1. The lowest BCUT2D eigenvalue weighted by Gasteiger charge is -2.21. The largest absolute Gasteiger partial charge is 0.478 e. The smallest absolute Gasteiger partial charge is 0.337 e. The van der Waals surface area contributed by atoms with E-state index >= 15 is 0 Å². The van der Waals surface area contributed by atoms with Crippen molar-refractivity contribution in [2.75, 3.05) is 29.1 Å². The second-order valence-corrected chi connectivity index (χ2v) is 7.87. The number of hydrogen-bond donors (Lipinski definition) is 3. The number of amides is 2. The van der Waals surface area contributed by atoms with E-state index in [-0.39, 0.29) is 17.3 Å². The molecule has 114 valence electrons. The summed E-state index contributed by atoms with van der Waals surface area (Å²) in [4.78, 5) is 23.0.